The van der Waals surface area contributed by atoms with E-state index in [2.05, 4.69) is 25.9 Å². The molecule has 0 unspecified atom stereocenters. The summed E-state index contributed by atoms with van der Waals surface area (Å²) in [5.74, 6) is -1.68. The van der Waals surface area contributed by atoms with E-state index >= 15 is 0 Å². The molecular formula is C21H30FN7O2. The van der Waals surface area contributed by atoms with Crippen LogP contribution in [0, 0.1) is 19.7 Å². The lowest BCUT2D eigenvalue weighted by Gasteiger charge is -2.20. The molecule has 7 N–H and O–H groups in total. The van der Waals surface area contributed by atoms with Gasteiger partial charge in [0.15, 0.2) is 11.6 Å². The zero-order chi connectivity index (χ0) is 23.0. The van der Waals surface area contributed by atoms with Gasteiger partial charge in [-0.3, -0.25) is 14.6 Å². The number of hydrogen-bond donors (Lipinski definition) is 5. The van der Waals surface area contributed by atoms with Crippen LogP contribution in [-0.4, -0.2) is 40.9 Å². The Bertz CT molecular complexity index is 936. The highest BCUT2D eigenvalue weighted by molar-refractivity contribution is 5.98. The minimum Gasteiger partial charge on any atom is -0.369 e. The van der Waals surface area contributed by atoms with Gasteiger partial charge in [-0.1, -0.05) is 6.92 Å². The van der Waals surface area contributed by atoms with Crippen LogP contribution >= 0.6 is 0 Å². The van der Waals surface area contributed by atoms with Crippen LogP contribution in [0.3, 0.4) is 0 Å². The number of nitrogens with two attached hydrogens (primary N) is 2. The maximum atomic E-state index is 14.6. The Hall–Kier alpha value is -3.27. The molecule has 0 radical (unpaired) electrons. The van der Waals surface area contributed by atoms with E-state index < -0.39 is 17.6 Å². The van der Waals surface area contributed by atoms with E-state index in [9.17, 15) is 14.0 Å². The number of amides is 2. The monoisotopic (exact) mass is 431 g/mol. The molecule has 0 aliphatic rings. The van der Waals surface area contributed by atoms with E-state index in [1.807, 2.05) is 26.8 Å². The van der Waals surface area contributed by atoms with E-state index in [0.29, 0.717) is 12.2 Å². The molecule has 0 saturated carbocycles. The smallest absolute Gasteiger partial charge is 0.252 e. The standard InChI is InChI=1S/C21H30FN7O2/c1-4-14(6-5-7-25-11-18(23)30)27-21-17(22)9-16(19(24)31)20(29-21)28-15-8-12(2)13(3)26-10-15/h8-10,14,25H,4-7,11H2,1-3H3,(H2,23,30)(H2,24,31)(H2,27,28,29)/t14-/m1/s1. The highest BCUT2D eigenvalue weighted by Gasteiger charge is 2.18. The largest absolute Gasteiger partial charge is 0.369 e. The Labute approximate surface area is 181 Å². The first-order chi connectivity index (χ1) is 14.7. The first-order valence-electron chi connectivity index (χ1n) is 10.2. The van der Waals surface area contributed by atoms with Gasteiger partial charge in [-0.05, 0) is 57.4 Å². The maximum absolute atomic E-state index is 14.6. The third kappa shape index (κ3) is 7.18. The van der Waals surface area contributed by atoms with Crippen molar-refractivity contribution in [2.45, 2.75) is 46.1 Å². The lowest BCUT2D eigenvalue weighted by Crippen LogP contribution is -2.30. The van der Waals surface area contributed by atoms with Crippen LogP contribution in [0.4, 0.5) is 21.7 Å². The summed E-state index contributed by atoms with van der Waals surface area (Å²) in [4.78, 5) is 31.2. The summed E-state index contributed by atoms with van der Waals surface area (Å²) in [5, 5.41) is 9.06. The summed E-state index contributed by atoms with van der Waals surface area (Å²) < 4.78 is 14.6. The van der Waals surface area contributed by atoms with Gasteiger partial charge >= 0.3 is 0 Å². The highest BCUT2D eigenvalue weighted by atomic mass is 19.1. The van der Waals surface area contributed by atoms with Gasteiger partial charge in [0.05, 0.1) is 24.0 Å². The lowest BCUT2D eigenvalue weighted by molar-refractivity contribution is -0.117. The molecule has 2 aromatic rings. The molecule has 0 fully saturated rings. The molecule has 0 spiro atoms. The van der Waals surface area contributed by atoms with Gasteiger partial charge in [0.2, 0.25) is 5.91 Å². The van der Waals surface area contributed by atoms with Crippen LogP contribution in [-0.2, 0) is 4.79 Å². The summed E-state index contributed by atoms with van der Waals surface area (Å²) in [6.45, 7) is 6.52. The number of carbonyl (C=O) groups is 2. The number of carbonyl (C=O) groups excluding carboxylic acids is 2. The van der Waals surface area contributed by atoms with Crippen molar-refractivity contribution in [3.8, 4) is 0 Å². The fourth-order valence-electron chi connectivity index (χ4n) is 2.98. The first kappa shape index (κ1) is 24.0. The Balaban J connectivity index is 2.17. The number of aromatic nitrogens is 2. The second kappa shape index (κ2) is 11.2. The third-order valence-corrected chi connectivity index (χ3v) is 4.88. The Morgan fingerprint density at radius 3 is 2.55 bits per heavy atom. The number of nitrogens with zero attached hydrogens (tertiary/aromatic N) is 2. The predicted octanol–water partition coefficient (Wildman–Crippen LogP) is 2.12. The average Bonchev–Trinajstić information content (AvgIpc) is 2.71. The van der Waals surface area contributed by atoms with E-state index in [1.165, 1.54) is 0 Å². The predicted molar refractivity (Wildman–Crippen MR) is 119 cm³/mol. The quantitative estimate of drug-likeness (QED) is 0.323. The van der Waals surface area contributed by atoms with E-state index in [1.54, 1.807) is 6.20 Å². The van der Waals surface area contributed by atoms with Crippen molar-refractivity contribution in [3.63, 3.8) is 0 Å². The molecule has 0 bridgehead atoms. The summed E-state index contributed by atoms with van der Waals surface area (Å²) in [5.41, 5.74) is 12.9. The van der Waals surface area contributed by atoms with Crippen molar-refractivity contribution in [2.24, 2.45) is 11.5 Å². The number of hydrogen-bond acceptors (Lipinski definition) is 7. The van der Waals surface area contributed by atoms with Crippen LogP contribution in [0.2, 0.25) is 0 Å². The minimum absolute atomic E-state index is 0.0289. The van der Waals surface area contributed by atoms with Crippen molar-refractivity contribution in [2.75, 3.05) is 23.7 Å². The molecule has 10 heteroatoms. The number of aryl methyl sites for hydroxylation is 2. The number of primary amides is 2. The number of halogens is 1. The molecular weight excluding hydrogens is 401 g/mol. The molecule has 0 aromatic carbocycles. The fourth-order valence-corrected chi connectivity index (χ4v) is 2.98. The van der Waals surface area contributed by atoms with Gasteiger partial charge in [0.25, 0.3) is 5.91 Å². The van der Waals surface area contributed by atoms with Crippen LogP contribution in [0.25, 0.3) is 0 Å². The molecule has 9 nitrogen and oxygen atoms in total. The third-order valence-electron chi connectivity index (χ3n) is 4.88. The topological polar surface area (TPSA) is 148 Å². The Kier molecular flexibility index (Phi) is 8.68. The number of nitrogens with one attached hydrogen (secondary N) is 3. The van der Waals surface area contributed by atoms with Crippen molar-refractivity contribution >= 4 is 29.1 Å². The minimum atomic E-state index is -0.787. The molecule has 2 heterocycles. The molecule has 0 saturated heterocycles. The van der Waals surface area contributed by atoms with Crippen LogP contribution in [0.15, 0.2) is 18.3 Å². The molecule has 31 heavy (non-hydrogen) atoms. The molecule has 2 amide bonds. The van der Waals surface area contributed by atoms with Gasteiger partial charge in [-0.15, -0.1) is 0 Å². The van der Waals surface area contributed by atoms with Gasteiger partial charge in [-0.25, -0.2) is 9.37 Å². The number of pyridine rings is 2. The van der Waals surface area contributed by atoms with Crippen molar-refractivity contribution in [3.05, 3.63) is 41.0 Å². The fraction of sp³-hybridized carbons (Fsp3) is 0.429. The first-order valence-corrected chi connectivity index (χ1v) is 10.2. The average molecular weight is 432 g/mol. The Morgan fingerprint density at radius 1 is 1.19 bits per heavy atom. The van der Waals surface area contributed by atoms with Crippen LogP contribution < -0.4 is 27.4 Å². The van der Waals surface area contributed by atoms with Gasteiger partial charge < -0.3 is 27.4 Å². The SMILES string of the molecule is CC[C@H](CCCNCC(N)=O)Nc1nc(Nc2cnc(C)c(C)c2)c(C(N)=O)cc1F. The summed E-state index contributed by atoms with van der Waals surface area (Å²) >= 11 is 0. The highest BCUT2D eigenvalue weighted by Crippen LogP contribution is 2.25. The zero-order valence-corrected chi connectivity index (χ0v) is 18.1. The van der Waals surface area contributed by atoms with Gasteiger partial charge in [0.1, 0.15) is 5.82 Å². The summed E-state index contributed by atoms with van der Waals surface area (Å²) in [6, 6.07) is 2.89. The summed E-state index contributed by atoms with van der Waals surface area (Å²) in [6.07, 6.45) is 3.83. The van der Waals surface area contributed by atoms with E-state index in [4.69, 9.17) is 11.5 Å². The zero-order valence-electron chi connectivity index (χ0n) is 18.1. The maximum Gasteiger partial charge on any atom is 0.252 e. The Morgan fingerprint density at radius 2 is 1.94 bits per heavy atom. The molecule has 2 aromatic heterocycles. The number of anilines is 3. The van der Waals surface area contributed by atoms with Crippen molar-refractivity contribution in [1.29, 1.82) is 0 Å². The van der Waals surface area contributed by atoms with Crippen molar-refractivity contribution < 1.29 is 14.0 Å². The summed E-state index contributed by atoms with van der Waals surface area (Å²) in [7, 11) is 0. The second-order valence-electron chi connectivity index (χ2n) is 7.37. The lowest BCUT2D eigenvalue weighted by atomic mass is 10.1. The molecule has 168 valence electrons. The molecule has 2 rings (SSSR count). The van der Waals surface area contributed by atoms with E-state index in [-0.39, 0.29) is 29.8 Å². The van der Waals surface area contributed by atoms with Gasteiger partial charge in [0, 0.05) is 11.7 Å². The van der Waals surface area contributed by atoms with Crippen LogP contribution in [0.5, 0.6) is 0 Å². The normalized spacial score (nSPS) is 11.7. The molecule has 1 atom stereocenters. The van der Waals surface area contributed by atoms with Crippen LogP contribution in [0.1, 0.15) is 47.8 Å². The van der Waals surface area contributed by atoms with E-state index in [0.717, 1.165) is 36.6 Å². The van der Waals surface area contributed by atoms with Crippen molar-refractivity contribution in [1.82, 2.24) is 15.3 Å². The molecule has 0 aliphatic carbocycles. The molecule has 0 aliphatic heterocycles. The van der Waals surface area contributed by atoms with Gasteiger partial charge in [-0.2, -0.15) is 0 Å². The number of rotatable bonds is 12. The second-order valence-corrected chi connectivity index (χ2v) is 7.37.